The summed E-state index contributed by atoms with van der Waals surface area (Å²) in [6.07, 6.45) is 12.2. The van der Waals surface area contributed by atoms with Crippen molar-refractivity contribution in [2.24, 2.45) is 5.92 Å². The van der Waals surface area contributed by atoms with Gasteiger partial charge in [0.2, 0.25) is 5.91 Å². The molecule has 0 unspecified atom stereocenters. The molecule has 3 rings (SSSR count). The maximum atomic E-state index is 11.8. The first-order valence-corrected chi connectivity index (χ1v) is 7.60. The van der Waals surface area contributed by atoms with Crippen molar-refractivity contribution in [3.05, 3.63) is 18.2 Å². The molecule has 0 atom stereocenters. The van der Waals surface area contributed by atoms with E-state index in [1.165, 1.54) is 44.3 Å². The highest BCUT2D eigenvalue weighted by molar-refractivity contribution is 5.76. The molecular weight excluding hydrogens is 238 g/mol. The predicted octanol–water partition coefficient (Wildman–Crippen LogP) is 2.46. The van der Waals surface area contributed by atoms with Crippen LogP contribution in [0.1, 0.15) is 56.7 Å². The van der Waals surface area contributed by atoms with Crippen molar-refractivity contribution < 1.29 is 4.79 Å². The van der Waals surface area contributed by atoms with Crippen molar-refractivity contribution in [3.63, 3.8) is 0 Å². The zero-order chi connectivity index (χ0) is 13.1. The number of aromatic nitrogens is 2. The van der Waals surface area contributed by atoms with Gasteiger partial charge in [0.25, 0.3) is 0 Å². The molecule has 4 heteroatoms. The second-order valence-corrected chi connectivity index (χ2v) is 5.96. The van der Waals surface area contributed by atoms with E-state index in [0.29, 0.717) is 11.8 Å². The smallest absolute Gasteiger partial charge is 0.220 e. The number of hydrogen-bond acceptors (Lipinski definition) is 2. The molecule has 1 amide bonds. The van der Waals surface area contributed by atoms with Crippen LogP contribution in [0, 0.1) is 5.92 Å². The van der Waals surface area contributed by atoms with Gasteiger partial charge in [-0.1, -0.05) is 12.8 Å². The third kappa shape index (κ3) is 3.37. The topological polar surface area (TPSA) is 46.9 Å². The van der Waals surface area contributed by atoms with Crippen molar-refractivity contribution in [2.45, 2.75) is 57.4 Å². The Labute approximate surface area is 114 Å². The van der Waals surface area contributed by atoms with Crippen LogP contribution in [0.2, 0.25) is 0 Å². The van der Waals surface area contributed by atoms with E-state index in [2.05, 4.69) is 14.9 Å². The number of hydrogen-bond donors (Lipinski definition) is 1. The van der Waals surface area contributed by atoms with Gasteiger partial charge in [0.15, 0.2) is 0 Å². The van der Waals surface area contributed by atoms with E-state index in [4.69, 9.17) is 0 Å². The van der Waals surface area contributed by atoms with Crippen LogP contribution in [0.4, 0.5) is 0 Å². The van der Waals surface area contributed by atoms with Crippen molar-refractivity contribution in [1.82, 2.24) is 14.9 Å². The molecule has 1 aromatic rings. The minimum Gasteiger partial charge on any atom is -0.354 e. The maximum Gasteiger partial charge on any atom is 0.220 e. The summed E-state index contributed by atoms with van der Waals surface area (Å²) in [6, 6.07) is 0. The van der Waals surface area contributed by atoms with Crippen LogP contribution in [0.5, 0.6) is 0 Å². The first kappa shape index (κ1) is 12.7. The Morgan fingerprint density at radius 2 is 2.11 bits per heavy atom. The first-order valence-electron chi connectivity index (χ1n) is 7.60. The highest BCUT2D eigenvalue weighted by Crippen LogP contribution is 2.38. The lowest BCUT2D eigenvalue weighted by Crippen LogP contribution is -2.28. The molecule has 0 saturated heterocycles. The largest absolute Gasteiger partial charge is 0.354 e. The number of amides is 1. The third-order valence-electron chi connectivity index (χ3n) is 4.31. The third-order valence-corrected chi connectivity index (χ3v) is 4.31. The molecule has 0 radical (unpaired) electrons. The van der Waals surface area contributed by atoms with Crippen LogP contribution < -0.4 is 5.32 Å². The lowest BCUT2D eigenvalue weighted by Gasteiger charge is -2.11. The van der Waals surface area contributed by atoms with Gasteiger partial charge in [0, 0.05) is 37.8 Å². The second-order valence-electron chi connectivity index (χ2n) is 5.96. The van der Waals surface area contributed by atoms with E-state index < -0.39 is 0 Å². The molecule has 0 aromatic carbocycles. The summed E-state index contributed by atoms with van der Waals surface area (Å²) in [5.74, 6) is 2.73. The summed E-state index contributed by atoms with van der Waals surface area (Å²) in [5, 5.41) is 3.05. The normalized spacial score (nSPS) is 19.8. The zero-order valence-corrected chi connectivity index (χ0v) is 11.5. The Morgan fingerprint density at radius 3 is 2.84 bits per heavy atom. The van der Waals surface area contributed by atoms with Gasteiger partial charge in [0.1, 0.15) is 5.82 Å². The quantitative estimate of drug-likeness (QED) is 0.855. The Hall–Kier alpha value is -1.32. The molecule has 1 N–H and O–H groups in total. The molecule has 4 nitrogen and oxygen atoms in total. The second kappa shape index (κ2) is 5.76. The van der Waals surface area contributed by atoms with Crippen molar-refractivity contribution in [3.8, 4) is 0 Å². The number of imidazole rings is 1. The number of carbonyl (C=O) groups is 1. The standard InChI is InChI=1S/C15H23N3O/c19-14(11-12-3-1-2-4-12)16-7-9-18-10-8-17-15(18)13-5-6-13/h8,10,12-13H,1-7,9,11H2,(H,16,19). The summed E-state index contributed by atoms with van der Waals surface area (Å²) in [6.45, 7) is 1.57. The number of nitrogens with one attached hydrogen (secondary N) is 1. The number of nitrogens with zero attached hydrogens (tertiary/aromatic N) is 2. The average Bonchev–Trinajstić information content (AvgIpc) is 2.92. The Morgan fingerprint density at radius 1 is 1.32 bits per heavy atom. The van der Waals surface area contributed by atoms with Crippen LogP contribution >= 0.6 is 0 Å². The summed E-state index contributed by atoms with van der Waals surface area (Å²) < 4.78 is 2.19. The zero-order valence-electron chi connectivity index (χ0n) is 11.5. The van der Waals surface area contributed by atoms with Gasteiger partial charge in [-0.25, -0.2) is 4.98 Å². The van der Waals surface area contributed by atoms with E-state index in [9.17, 15) is 4.79 Å². The van der Waals surface area contributed by atoms with E-state index >= 15 is 0 Å². The monoisotopic (exact) mass is 261 g/mol. The summed E-state index contributed by atoms with van der Waals surface area (Å²) >= 11 is 0. The van der Waals surface area contributed by atoms with Gasteiger partial charge in [-0.05, 0) is 31.6 Å². The van der Waals surface area contributed by atoms with Gasteiger partial charge < -0.3 is 9.88 Å². The highest BCUT2D eigenvalue weighted by atomic mass is 16.1. The maximum absolute atomic E-state index is 11.8. The van der Waals surface area contributed by atoms with Crippen LogP contribution in [-0.2, 0) is 11.3 Å². The van der Waals surface area contributed by atoms with Gasteiger partial charge in [0.05, 0.1) is 0 Å². The first-order chi connectivity index (χ1) is 9.33. The molecule has 19 heavy (non-hydrogen) atoms. The molecule has 104 valence electrons. The van der Waals surface area contributed by atoms with Crippen molar-refractivity contribution in [1.29, 1.82) is 0 Å². The van der Waals surface area contributed by atoms with Gasteiger partial charge >= 0.3 is 0 Å². The fraction of sp³-hybridized carbons (Fsp3) is 0.733. The molecular formula is C15H23N3O. The number of rotatable bonds is 6. The average molecular weight is 261 g/mol. The molecule has 0 spiro atoms. The highest BCUT2D eigenvalue weighted by Gasteiger charge is 2.27. The van der Waals surface area contributed by atoms with Crippen molar-refractivity contribution in [2.75, 3.05) is 6.54 Å². The van der Waals surface area contributed by atoms with Crippen LogP contribution in [0.15, 0.2) is 12.4 Å². The molecule has 2 aliphatic rings. The fourth-order valence-corrected chi connectivity index (χ4v) is 3.08. The van der Waals surface area contributed by atoms with Crippen LogP contribution in [-0.4, -0.2) is 22.0 Å². The minimum atomic E-state index is 0.222. The van der Waals surface area contributed by atoms with E-state index in [1.54, 1.807) is 0 Å². The van der Waals surface area contributed by atoms with Crippen LogP contribution in [0.3, 0.4) is 0 Å². The van der Waals surface area contributed by atoms with Gasteiger partial charge in [-0.2, -0.15) is 0 Å². The lowest BCUT2D eigenvalue weighted by atomic mass is 10.0. The molecule has 1 heterocycles. The predicted molar refractivity (Wildman–Crippen MR) is 73.8 cm³/mol. The summed E-state index contributed by atoms with van der Waals surface area (Å²) in [4.78, 5) is 16.2. The van der Waals surface area contributed by atoms with Gasteiger partial charge in [-0.15, -0.1) is 0 Å². The Kier molecular flexibility index (Phi) is 3.85. The van der Waals surface area contributed by atoms with E-state index in [1.807, 2.05) is 12.4 Å². The molecule has 1 aromatic heterocycles. The lowest BCUT2D eigenvalue weighted by molar-refractivity contribution is -0.122. The summed E-state index contributed by atoms with van der Waals surface area (Å²) in [5.41, 5.74) is 0. The molecule has 2 fully saturated rings. The van der Waals surface area contributed by atoms with E-state index in [0.717, 1.165) is 19.5 Å². The minimum absolute atomic E-state index is 0.222. The van der Waals surface area contributed by atoms with Gasteiger partial charge in [-0.3, -0.25) is 4.79 Å². The molecule has 0 bridgehead atoms. The Balaban J connectivity index is 1.39. The fourth-order valence-electron chi connectivity index (χ4n) is 3.08. The number of carbonyl (C=O) groups excluding carboxylic acids is 1. The SMILES string of the molecule is O=C(CC1CCCC1)NCCn1ccnc1C1CC1. The van der Waals surface area contributed by atoms with Crippen LogP contribution in [0.25, 0.3) is 0 Å². The van der Waals surface area contributed by atoms with E-state index in [-0.39, 0.29) is 5.91 Å². The molecule has 2 aliphatic carbocycles. The Bertz CT molecular complexity index is 430. The van der Waals surface area contributed by atoms with Crippen molar-refractivity contribution >= 4 is 5.91 Å². The summed E-state index contributed by atoms with van der Waals surface area (Å²) in [7, 11) is 0. The molecule has 2 saturated carbocycles. The molecule has 0 aliphatic heterocycles.